The Morgan fingerprint density at radius 2 is 1.90 bits per heavy atom. The van der Waals surface area contributed by atoms with E-state index in [1.807, 2.05) is 0 Å². The first-order valence-corrected chi connectivity index (χ1v) is 8.20. The van der Waals surface area contributed by atoms with E-state index < -0.39 is 0 Å². The predicted molar refractivity (Wildman–Crippen MR) is 83.5 cm³/mol. The Hall–Kier alpha value is -0.570. The summed E-state index contributed by atoms with van der Waals surface area (Å²) in [6.45, 7) is 9.68. The van der Waals surface area contributed by atoms with Crippen molar-refractivity contribution in [3.8, 4) is 0 Å². The van der Waals surface area contributed by atoms with Gasteiger partial charge in [0.05, 0.1) is 0 Å². The minimum absolute atomic E-state index is 0.0655. The molecular formula is C17H33NO2. The summed E-state index contributed by atoms with van der Waals surface area (Å²) < 4.78 is 0. The molecule has 0 aromatic rings. The average Bonchev–Trinajstić information content (AvgIpc) is 2.82. The minimum Gasteiger partial charge on any atom is -0.396 e. The van der Waals surface area contributed by atoms with Gasteiger partial charge in [0, 0.05) is 18.6 Å². The van der Waals surface area contributed by atoms with Crippen LogP contribution in [0, 0.1) is 16.7 Å². The zero-order valence-electron chi connectivity index (χ0n) is 13.8. The van der Waals surface area contributed by atoms with Crippen molar-refractivity contribution >= 4 is 5.91 Å². The molecule has 0 aliphatic heterocycles. The van der Waals surface area contributed by atoms with E-state index in [0.29, 0.717) is 12.5 Å². The maximum Gasteiger partial charge on any atom is 0.226 e. The number of hydrogen-bond donors (Lipinski definition) is 2. The zero-order valence-corrected chi connectivity index (χ0v) is 13.8. The first-order valence-electron chi connectivity index (χ1n) is 8.20. The summed E-state index contributed by atoms with van der Waals surface area (Å²) in [5.74, 6) is 0.835. The lowest BCUT2D eigenvalue weighted by molar-refractivity contribution is -0.132. The highest BCUT2D eigenvalue weighted by atomic mass is 16.2. The third-order valence-electron chi connectivity index (χ3n) is 4.58. The molecule has 0 bridgehead atoms. The maximum atomic E-state index is 12.7. The van der Waals surface area contributed by atoms with Crippen molar-refractivity contribution in [3.05, 3.63) is 0 Å². The summed E-state index contributed by atoms with van der Waals surface area (Å²) in [4.78, 5) is 12.7. The highest BCUT2D eigenvalue weighted by Crippen LogP contribution is 2.43. The van der Waals surface area contributed by atoms with E-state index in [1.165, 1.54) is 12.8 Å². The summed E-state index contributed by atoms with van der Waals surface area (Å²) in [6.07, 6.45) is 7.24. The fourth-order valence-corrected chi connectivity index (χ4v) is 3.51. The number of hydrogen-bond acceptors (Lipinski definition) is 2. The van der Waals surface area contributed by atoms with Crippen LogP contribution in [0.3, 0.4) is 0 Å². The van der Waals surface area contributed by atoms with Gasteiger partial charge < -0.3 is 10.4 Å². The normalized spacial score (nSPS) is 18.5. The third kappa shape index (κ3) is 5.08. The zero-order chi connectivity index (χ0) is 15.2. The molecule has 0 aromatic carbocycles. The lowest BCUT2D eigenvalue weighted by atomic mass is 9.77. The fourth-order valence-electron chi connectivity index (χ4n) is 3.51. The molecular weight excluding hydrogens is 250 g/mol. The van der Waals surface area contributed by atoms with E-state index >= 15 is 0 Å². The van der Waals surface area contributed by atoms with Crippen molar-refractivity contribution in [3.63, 3.8) is 0 Å². The molecule has 0 spiro atoms. The van der Waals surface area contributed by atoms with E-state index in [-0.39, 0.29) is 23.3 Å². The quantitative estimate of drug-likeness (QED) is 0.716. The number of rotatable bonds is 8. The van der Waals surface area contributed by atoms with E-state index in [2.05, 4.69) is 33.0 Å². The molecule has 1 aliphatic carbocycles. The van der Waals surface area contributed by atoms with Gasteiger partial charge >= 0.3 is 0 Å². The molecule has 1 fully saturated rings. The summed E-state index contributed by atoms with van der Waals surface area (Å²) in [6, 6.07) is 0. The van der Waals surface area contributed by atoms with E-state index in [9.17, 15) is 4.79 Å². The van der Waals surface area contributed by atoms with Crippen LogP contribution in [0.5, 0.6) is 0 Å². The molecule has 1 aliphatic rings. The first-order chi connectivity index (χ1) is 9.31. The first kappa shape index (κ1) is 17.5. The number of nitrogens with one attached hydrogen (secondary N) is 1. The van der Waals surface area contributed by atoms with E-state index in [0.717, 1.165) is 32.1 Å². The second kappa shape index (κ2) is 7.44. The van der Waals surface area contributed by atoms with Crippen molar-refractivity contribution in [1.29, 1.82) is 0 Å². The Morgan fingerprint density at radius 1 is 1.30 bits per heavy atom. The van der Waals surface area contributed by atoms with Gasteiger partial charge in [0.15, 0.2) is 0 Å². The van der Waals surface area contributed by atoms with Gasteiger partial charge in [0.1, 0.15) is 0 Å². The summed E-state index contributed by atoms with van der Waals surface area (Å²) >= 11 is 0. The Balaban J connectivity index is 2.55. The minimum atomic E-state index is -0.110. The molecule has 1 rings (SSSR count). The highest BCUT2D eigenvalue weighted by Gasteiger charge is 2.41. The SMILES string of the molecule is CC(C)CC1(C(=O)NCC(C)(C)CCCO)CCCC1. The molecule has 1 saturated carbocycles. The second-order valence-electron chi connectivity index (χ2n) is 7.76. The van der Waals surface area contributed by atoms with Crippen LogP contribution in [0.2, 0.25) is 0 Å². The standard InChI is InChI=1S/C17H33NO2/c1-14(2)12-17(9-5-6-10-17)15(20)18-13-16(3,4)8-7-11-19/h14,19H,5-13H2,1-4H3,(H,18,20). The number of carbonyl (C=O) groups is 1. The summed E-state index contributed by atoms with van der Waals surface area (Å²) in [5, 5.41) is 12.1. The Kier molecular flexibility index (Phi) is 6.50. The van der Waals surface area contributed by atoms with E-state index in [1.54, 1.807) is 0 Å². The average molecular weight is 283 g/mol. The van der Waals surface area contributed by atoms with Gasteiger partial charge in [-0.25, -0.2) is 0 Å². The van der Waals surface area contributed by atoms with Crippen molar-refractivity contribution in [1.82, 2.24) is 5.32 Å². The van der Waals surface area contributed by atoms with Crippen LogP contribution in [-0.2, 0) is 4.79 Å². The number of carbonyl (C=O) groups excluding carboxylic acids is 1. The van der Waals surface area contributed by atoms with Crippen LogP contribution in [0.4, 0.5) is 0 Å². The second-order valence-corrected chi connectivity index (χ2v) is 7.76. The lowest BCUT2D eigenvalue weighted by Crippen LogP contribution is -2.43. The molecule has 2 N–H and O–H groups in total. The predicted octanol–water partition coefficient (Wildman–Crippen LogP) is 3.51. The summed E-state index contributed by atoms with van der Waals surface area (Å²) in [7, 11) is 0. The Bertz CT molecular complexity index is 304. The topological polar surface area (TPSA) is 49.3 Å². The van der Waals surface area contributed by atoms with Gasteiger partial charge in [0.2, 0.25) is 5.91 Å². The molecule has 3 nitrogen and oxygen atoms in total. The van der Waals surface area contributed by atoms with Gasteiger partial charge in [-0.3, -0.25) is 4.79 Å². The molecule has 0 heterocycles. The molecule has 3 heteroatoms. The Morgan fingerprint density at radius 3 is 2.40 bits per heavy atom. The molecule has 1 amide bonds. The largest absolute Gasteiger partial charge is 0.396 e. The van der Waals surface area contributed by atoms with Gasteiger partial charge in [-0.2, -0.15) is 0 Å². The van der Waals surface area contributed by atoms with Crippen LogP contribution >= 0.6 is 0 Å². The fraction of sp³-hybridized carbons (Fsp3) is 0.941. The molecule has 0 saturated heterocycles. The molecule has 0 radical (unpaired) electrons. The lowest BCUT2D eigenvalue weighted by Gasteiger charge is -2.32. The molecule has 0 aromatic heterocycles. The van der Waals surface area contributed by atoms with Crippen molar-refractivity contribution < 1.29 is 9.90 Å². The molecule has 0 unspecified atom stereocenters. The third-order valence-corrected chi connectivity index (χ3v) is 4.58. The molecule has 118 valence electrons. The van der Waals surface area contributed by atoms with Crippen molar-refractivity contribution in [2.75, 3.05) is 13.2 Å². The van der Waals surface area contributed by atoms with Crippen molar-refractivity contribution in [2.45, 2.75) is 72.6 Å². The number of aliphatic hydroxyl groups is 1. The van der Waals surface area contributed by atoms with Crippen molar-refractivity contribution in [2.24, 2.45) is 16.7 Å². The van der Waals surface area contributed by atoms with Crippen LogP contribution in [0.25, 0.3) is 0 Å². The maximum absolute atomic E-state index is 12.7. The van der Waals surface area contributed by atoms with Gasteiger partial charge in [-0.1, -0.05) is 40.5 Å². The Labute approximate surface area is 124 Å². The van der Waals surface area contributed by atoms with Crippen LogP contribution < -0.4 is 5.32 Å². The monoisotopic (exact) mass is 283 g/mol. The van der Waals surface area contributed by atoms with Gasteiger partial charge in [-0.05, 0) is 43.4 Å². The highest BCUT2D eigenvalue weighted by molar-refractivity contribution is 5.83. The van der Waals surface area contributed by atoms with Gasteiger partial charge in [0.25, 0.3) is 0 Å². The van der Waals surface area contributed by atoms with Crippen LogP contribution in [0.1, 0.15) is 72.6 Å². The van der Waals surface area contributed by atoms with Gasteiger partial charge in [-0.15, -0.1) is 0 Å². The van der Waals surface area contributed by atoms with Crippen LogP contribution in [-0.4, -0.2) is 24.2 Å². The number of aliphatic hydroxyl groups excluding tert-OH is 1. The smallest absolute Gasteiger partial charge is 0.226 e. The molecule has 20 heavy (non-hydrogen) atoms. The summed E-state index contributed by atoms with van der Waals surface area (Å²) in [5.41, 5.74) is -0.0444. The molecule has 0 atom stereocenters. The number of amides is 1. The van der Waals surface area contributed by atoms with Crippen LogP contribution in [0.15, 0.2) is 0 Å². The van der Waals surface area contributed by atoms with E-state index in [4.69, 9.17) is 5.11 Å².